The van der Waals surface area contributed by atoms with E-state index in [2.05, 4.69) is 4.98 Å². The predicted molar refractivity (Wildman–Crippen MR) is 75.1 cm³/mol. The molecule has 0 spiro atoms. The van der Waals surface area contributed by atoms with E-state index in [0.29, 0.717) is 33.0 Å². The Morgan fingerprint density at radius 1 is 1.42 bits per heavy atom. The maximum Gasteiger partial charge on any atom is 0.350 e. The molecule has 0 saturated heterocycles. The van der Waals surface area contributed by atoms with E-state index in [4.69, 9.17) is 21.1 Å². The first-order chi connectivity index (χ1) is 9.17. The fourth-order valence-corrected chi connectivity index (χ4v) is 2.57. The van der Waals surface area contributed by atoms with Gasteiger partial charge in [-0.15, -0.1) is 0 Å². The summed E-state index contributed by atoms with van der Waals surface area (Å²) in [6.45, 7) is 2.06. The van der Waals surface area contributed by atoms with Crippen LogP contribution in [0.1, 0.15) is 16.6 Å². The van der Waals surface area contributed by atoms with Crippen LogP contribution in [0.15, 0.2) is 24.3 Å². The lowest BCUT2D eigenvalue weighted by molar-refractivity contribution is 0.0532. The molecule has 6 heteroatoms. The van der Waals surface area contributed by atoms with E-state index in [-0.39, 0.29) is 0 Å². The van der Waals surface area contributed by atoms with Gasteiger partial charge in [0.05, 0.1) is 18.7 Å². The molecule has 1 heterocycles. The number of hydrogen-bond donors (Lipinski definition) is 0. The molecular formula is C13H12ClNO3S. The summed E-state index contributed by atoms with van der Waals surface area (Å²) in [5.41, 5.74) is 1.18. The van der Waals surface area contributed by atoms with E-state index in [0.717, 1.165) is 11.3 Å². The molecule has 1 aromatic carbocycles. The first-order valence-corrected chi connectivity index (χ1v) is 6.83. The minimum absolute atomic E-state index is 0.307. The van der Waals surface area contributed by atoms with Gasteiger partial charge in [-0.2, -0.15) is 0 Å². The summed E-state index contributed by atoms with van der Waals surface area (Å²) >= 11 is 7.28. The van der Waals surface area contributed by atoms with Crippen LogP contribution >= 0.6 is 22.9 Å². The molecule has 0 aliphatic heterocycles. The summed E-state index contributed by atoms with van der Waals surface area (Å²) in [5.74, 6) is -0.418. The fraction of sp³-hybridized carbons (Fsp3) is 0.231. The summed E-state index contributed by atoms with van der Waals surface area (Å²) in [6.07, 6.45) is 0. The largest absolute Gasteiger partial charge is 0.473 e. The van der Waals surface area contributed by atoms with Crippen LogP contribution in [-0.2, 0) is 4.74 Å². The third-order valence-corrected chi connectivity index (χ3v) is 3.70. The number of carbonyl (C=O) groups excluding carboxylic acids is 1. The van der Waals surface area contributed by atoms with Gasteiger partial charge >= 0.3 is 5.97 Å². The summed E-state index contributed by atoms with van der Waals surface area (Å²) in [4.78, 5) is 16.6. The van der Waals surface area contributed by atoms with Crippen molar-refractivity contribution in [3.63, 3.8) is 0 Å². The van der Waals surface area contributed by atoms with Crippen LogP contribution in [0.4, 0.5) is 0 Å². The van der Waals surface area contributed by atoms with Gasteiger partial charge in [0, 0.05) is 5.56 Å². The van der Waals surface area contributed by atoms with Gasteiger partial charge in [-0.3, -0.25) is 0 Å². The molecule has 4 nitrogen and oxygen atoms in total. The predicted octanol–water partition coefficient (Wildman–Crippen LogP) is 3.65. The van der Waals surface area contributed by atoms with Crippen molar-refractivity contribution in [1.29, 1.82) is 0 Å². The quantitative estimate of drug-likeness (QED) is 0.808. The number of methoxy groups -OCH3 is 1. The Labute approximate surface area is 120 Å². The van der Waals surface area contributed by atoms with Gasteiger partial charge in [0.15, 0.2) is 0 Å². The number of esters is 1. The molecule has 0 N–H and O–H groups in total. The Morgan fingerprint density at radius 3 is 2.79 bits per heavy atom. The molecule has 0 unspecified atom stereocenters. The molecule has 0 radical (unpaired) electrons. The molecule has 2 rings (SSSR count). The van der Waals surface area contributed by atoms with Gasteiger partial charge in [-0.05, 0) is 13.0 Å². The van der Waals surface area contributed by atoms with Gasteiger partial charge in [0.25, 0.3) is 5.19 Å². The Morgan fingerprint density at radius 2 is 2.16 bits per heavy atom. The Hall–Kier alpha value is -1.59. The number of benzene rings is 1. The monoisotopic (exact) mass is 297 g/mol. The highest BCUT2D eigenvalue weighted by Crippen LogP contribution is 2.36. The van der Waals surface area contributed by atoms with E-state index < -0.39 is 5.97 Å². The van der Waals surface area contributed by atoms with E-state index in [1.165, 1.54) is 7.11 Å². The molecule has 100 valence electrons. The third-order valence-electron chi connectivity index (χ3n) is 2.37. The maximum absolute atomic E-state index is 11.9. The average Bonchev–Trinajstić information content (AvgIpc) is 2.83. The summed E-state index contributed by atoms with van der Waals surface area (Å²) in [6, 6.07) is 7.21. The molecule has 0 fully saturated rings. The lowest BCUT2D eigenvalue weighted by Gasteiger charge is -2.03. The Balaban J connectivity index is 2.53. The van der Waals surface area contributed by atoms with E-state index in [9.17, 15) is 4.79 Å². The van der Waals surface area contributed by atoms with Crippen molar-refractivity contribution in [2.24, 2.45) is 0 Å². The van der Waals surface area contributed by atoms with Crippen molar-refractivity contribution in [2.45, 2.75) is 6.92 Å². The fourth-order valence-electron chi connectivity index (χ4n) is 1.56. The van der Waals surface area contributed by atoms with Crippen molar-refractivity contribution < 1.29 is 14.3 Å². The van der Waals surface area contributed by atoms with Crippen molar-refractivity contribution in [1.82, 2.24) is 4.98 Å². The zero-order chi connectivity index (χ0) is 13.8. The van der Waals surface area contributed by atoms with Gasteiger partial charge < -0.3 is 9.47 Å². The zero-order valence-corrected chi connectivity index (χ0v) is 12.0. The second kappa shape index (κ2) is 6.04. The minimum Gasteiger partial charge on any atom is -0.473 e. The molecule has 0 saturated carbocycles. The third kappa shape index (κ3) is 2.88. The Bertz CT molecular complexity index is 597. The van der Waals surface area contributed by atoms with Crippen LogP contribution in [0.5, 0.6) is 5.19 Å². The van der Waals surface area contributed by atoms with Crippen molar-refractivity contribution in [2.75, 3.05) is 13.7 Å². The number of rotatable bonds is 4. The minimum atomic E-state index is -0.418. The second-order valence-electron chi connectivity index (χ2n) is 3.56. The first-order valence-electron chi connectivity index (χ1n) is 5.64. The number of carbonyl (C=O) groups is 1. The molecule has 0 aliphatic carbocycles. The molecule has 19 heavy (non-hydrogen) atoms. The zero-order valence-electron chi connectivity index (χ0n) is 10.5. The number of nitrogens with zero attached hydrogens (tertiary/aromatic N) is 1. The molecule has 0 amide bonds. The smallest absolute Gasteiger partial charge is 0.350 e. The summed E-state index contributed by atoms with van der Waals surface area (Å²) in [7, 11) is 1.50. The standard InChI is InChI=1S/C13H12ClNO3S/c1-3-18-12(16)11-10(15-13(17-2)19-11)8-6-4-5-7-9(8)14/h4-7H,3H2,1-2H3. The first kappa shape index (κ1) is 13.8. The number of hydrogen-bond acceptors (Lipinski definition) is 5. The van der Waals surface area contributed by atoms with Crippen LogP contribution in [0.2, 0.25) is 5.02 Å². The number of aromatic nitrogens is 1. The van der Waals surface area contributed by atoms with Gasteiger partial charge in [-0.1, -0.05) is 41.1 Å². The van der Waals surface area contributed by atoms with E-state index >= 15 is 0 Å². The van der Waals surface area contributed by atoms with Crippen LogP contribution in [-0.4, -0.2) is 24.7 Å². The SMILES string of the molecule is CCOC(=O)c1sc(OC)nc1-c1ccccc1Cl. The van der Waals surface area contributed by atoms with E-state index in [1.807, 2.05) is 12.1 Å². The molecule has 0 bridgehead atoms. The van der Waals surface area contributed by atoms with E-state index in [1.54, 1.807) is 19.1 Å². The molecular weight excluding hydrogens is 286 g/mol. The van der Waals surface area contributed by atoms with Crippen LogP contribution in [0.3, 0.4) is 0 Å². The maximum atomic E-state index is 11.9. The highest BCUT2D eigenvalue weighted by Gasteiger charge is 2.22. The highest BCUT2D eigenvalue weighted by molar-refractivity contribution is 7.15. The highest BCUT2D eigenvalue weighted by atomic mass is 35.5. The molecule has 2 aromatic rings. The number of halogens is 1. The summed E-state index contributed by atoms with van der Waals surface area (Å²) in [5, 5.41) is 0.930. The van der Waals surface area contributed by atoms with Gasteiger partial charge in [-0.25, -0.2) is 9.78 Å². The molecule has 1 aromatic heterocycles. The Kier molecular flexibility index (Phi) is 4.39. The normalized spacial score (nSPS) is 10.3. The number of thiazole rings is 1. The van der Waals surface area contributed by atoms with Crippen LogP contribution in [0, 0.1) is 0 Å². The molecule has 0 atom stereocenters. The van der Waals surface area contributed by atoms with Crippen molar-refractivity contribution in [3.8, 4) is 16.5 Å². The summed E-state index contributed by atoms with van der Waals surface area (Å²) < 4.78 is 10.1. The lowest BCUT2D eigenvalue weighted by Crippen LogP contribution is -2.04. The van der Waals surface area contributed by atoms with Crippen LogP contribution in [0.25, 0.3) is 11.3 Å². The average molecular weight is 298 g/mol. The lowest BCUT2D eigenvalue weighted by atomic mass is 10.1. The van der Waals surface area contributed by atoms with Crippen molar-refractivity contribution in [3.05, 3.63) is 34.2 Å². The van der Waals surface area contributed by atoms with Crippen LogP contribution < -0.4 is 4.74 Å². The molecule has 0 aliphatic rings. The van der Waals surface area contributed by atoms with Gasteiger partial charge in [0.1, 0.15) is 10.6 Å². The van der Waals surface area contributed by atoms with Crippen molar-refractivity contribution >= 4 is 28.9 Å². The van der Waals surface area contributed by atoms with Gasteiger partial charge in [0.2, 0.25) is 0 Å². The second-order valence-corrected chi connectivity index (χ2v) is 4.93. The number of ether oxygens (including phenoxy) is 2. The topological polar surface area (TPSA) is 48.4 Å².